The van der Waals surface area contributed by atoms with Crippen molar-refractivity contribution >= 4 is 10.8 Å². The van der Waals surface area contributed by atoms with Crippen molar-refractivity contribution in [3.8, 4) is 0 Å². The number of rotatable bonds is 6. The maximum absolute atomic E-state index is 14.6. The minimum atomic E-state index is -0.0407. The van der Waals surface area contributed by atoms with E-state index in [9.17, 15) is 4.39 Å². The third-order valence-corrected chi connectivity index (χ3v) is 7.49. The summed E-state index contributed by atoms with van der Waals surface area (Å²) in [5.41, 5.74) is 1.24. The molecule has 4 rings (SSSR count). The Hall–Kier alpha value is -1.37. The number of unbranched alkanes of at least 4 members (excludes halogenated alkanes) is 3. The summed E-state index contributed by atoms with van der Waals surface area (Å²) in [6, 6.07) is 12.0. The standard InChI is InChI=1S/C26H35F/c1-2-3-4-5-8-19-11-12-21-16-22(14-13-20(21)15-19)24-17-23-9-6-7-10-25(23)26(27)18-24/h6-7,9-10,17-22H,2-5,8,11-16H2,1H3. The lowest BCUT2D eigenvalue weighted by molar-refractivity contribution is 0.113. The Bertz CT molecular complexity index is 749. The smallest absolute Gasteiger partial charge is 0.131 e. The summed E-state index contributed by atoms with van der Waals surface area (Å²) in [4.78, 5) is 0. The summed E-state index contributed by atoms with van der Waals surface area (Å²) in [5, 5.41) is 1.82. The Morgan fingerprint density at radius 1 is 0.889 bits per heavy atom. The number of halogens is 1. The topological polar surface area (TPSA) is 0 Å². The van der Waals surface area contributed by atoms with Crippen LogP contribution in [0.15, 0.2) is 36.4 Å². The number of fused-ring (bicyclic) bond motifs is 2. The van der Waals surface area contributed by atoms with Gasteiger partial charge in [-0.2, -0.15) is 0 Å². The minimum absolute atomic E-state index is 0.0407. The van der Waals surface area contributed by atoms with Crippen LogP contribution in [0.3, 0.4) is 0 Å². The van der Waals surface area contributed by atoms with Gasteiger partial charge in [0.25, 0.3) is 0 Å². The van der Waals surface area contributed by atoms with Crippen molar-refractivity contribution in [1.82, 2.24) is 0 Å². The Morgan fingerprint density at radius 2 is 1.70 bits per heavy atom. The van der Waals surface area contributed by atoms with Gasteiger partial charge in [0.2, 0.25) is 0 Å². The van der Waals surface area contributed by atoms with Gasteiger partial charge in [0.15, 0.2) is 0 Å². The molecule has 2 saturated carbocycles. The second kappa shape index (κ2) is 8.76. The molecule has 27 heavy (non-hydrogen) atoms. The first-order valence-corrected chi connectivity index (χ1v) is 11.4. The average molecular weight is 367 g/mol. The van der Waals surface area contributed by atoms with Crippen LogP contribution in [-0.4, -0.2) is 0 Å². The SMILES string of the molecule is CCCCCCC1CCC2CC(c3cc(F)c4ccccc4c3)CCC2C1. The van der Waals surface area contributed by atoms with Crippen LogP contribution >= 0.6 is 0 Å². The summed E-state index contributed by atoms with van der Waals surface area (Å²) in [6.45, 7) is 2.30. The highest BCUT2D eigenvalue weighted by Gasteiger charge is 2.35. The van der Waals surface area contributed by atoms with E-state index >= 15 is 0 Å². The van der Waals surface area contributed by atoms with Crippen molar-refractivity contribution in [3.63, 3.8) is 0 Å². The fraction of sp³-hybridized carbons (Fsp3) is 0.615. The van der Waals surface area contributed by atoms with Crippen LogP contribution in [0.2, 0.25) is 0 Å². The van der Waals surface area contributed by atoms with E-state index in [-0.39, 0.29) is 5.82 Å². The minimum Gasteiger partial charge on any atom is -0.206 e. The first kappa shape index (κ1) is 19.0. The highest BCUT2D eigenvalue weighted by molar-refractivity contribution is 5.83. The molecule has 2 aromatic carbocycles. The van der Waals surface area contributed by atoms with Crippen LogP contribution < -0.4 is 0 Å². The van der Waals surface area contributed by atoms with E-state index in [0.717, 1.165) is 28.5 Å². The van der Waals surface area contributed by atoms with Gasteiger partial charge >= 0.3 is 0 Å². The van der Waals surface area contributed by atoms with E-state index in [4.69, 9.17) is 0 Å². The lowest BCUT2D eigenvalue weighted by Gasteiger charge is -2.42. The monoisotopic (exact) mass is 366 g/mol. The summed E-state index contributed by atoms with van der Waals surface area (Å²) < 4.78 is 14.6. The highest BCUT2D eigenvalue weighted by atomic mass is 19.1. The second-order valence-corrected chi connectivity index (χ2v) is 9.28. The normalized spacial score (nSPS) is 28.2. The molecule has 2 aromatic rings. The van der Waals surface area contributed by atoms with E-state index in [2.05, 4.69) is 19.1 Å². The summed E-state index contributed by atoms with van der Waals surface area (Å²) >= 11 is 0. The molecule has 4 atom stereocenters. The lowest BCUT2D eigenvalue weighted by Crippen LogP contribution is -2.30. The number of benzene rings is 2. The van der Waals surface area contributed by atoms with Gasteiger partial charge in [-0.3, -0.25) is 0 Å². The zero-order chi connectivity index (χ0) is 18.6. The van der Waals surface area contributed by atoms with Crippen LogP contribution in [0, 0.1) is 23.6 Å². The van der Waals surface area contributed by atoms with E-state index in [1.807, 2.05) is 24.3 Å². The predicted octanol–water partition coefficient (Wildman–Crippen LogP) is 8.25. The molecule has 2 fully saturated rings. The Balaban J connectivity index is 1.37. The fourth-order valence-electron chi connectivity index (χ4n) is 5.93. The summed E-state index contributed by atoms with van der Waals surface area (Å²) in [6.07, 6.45) is 15.3. The first-order chi connectivity index (χ1) is 13.2. The van der Waals surface area contributed by atoms with Crippen LogP contribution in [-0.2, 0) is 0 Å². The molecule has 0 aliphatic heterocycles. The third kappa shape index (κ3) is 4.39. The van der Waals surface area contributed by atoms with Crippen LogP contribution in [0.4, 0.5) is 4.39 Å². The molecule has 0 spiro atoms. The number of hydrogen-bond donors (Lipinski definition) is 0. The molecule has 4 unspecified atom stereocenters. The van der Waals surface area contributed by atoms with E-state index in [1.54, 1.807) is 0 Å². The van der Waals surface area contributed by atoms with Crippen LogP contribution in [0.5, 0.6) is 0 Å². The zero-order valence-electron chi connectivity index (χ0n) is 16.9. The van der Waals surface area contributed by atoms with Crippen LogP contribution in [0.25, 0.3) is 10.8 Å². The third-order valence-electron chi connectivity index (χ3n) is 7.49. The largest absolute Gasteiger partial charge is 0.206 e. The molecule has 2 aliphatic rings. The molecule has 2 aliphatic carbocycles. The second-order valence-electron chi connectivity index (χ2n) is 9.28. The summed E-state index contributed by atoms with van der Waals surface area (Å²) in [5.74, 6) is 3.33. The van der Waals surface area contributed by atoms with Crippen molar-refractivity contribution in [2.45, 2.75) is 83.5 Å². The molecule has 1 heteroatoms. The van der Waals surface area contributed by atoms with E-state index in [0.29, 0.717) is 5.92 Å². The molecule has 0 bridgehead atoms. The maximum atomic E-state index is 14.6. The van der Waals surface area contributed by atoms with Crippen molar-refractivity contribution in [2.24, 2.45) is 17.8 Å². The lowest BCUT2D eigenvalue weighted by atomic mass is 9.63. The zero-order valence-corrected chi connectivity index (χ0v) is 16.9. The molecule has 0 amide bonds. The Labute approximate surface area is 164 Å². The molecule has 0 nitrogen and oxygen atoms in total. The van der Waals surface area contributed by atoms with Crippen molar-refractivity contribution in [1.29, 1.82) is 0 Å². The molecular weight excluding hydrogens is 331 g/mol. The molecule has 0 aromatic heterocycles. The quantitative estimate of drug-likeness (QED) is 0.451. The summed E-state index contributed by atoms with van der Waals surface area (Å²) in [7, 11) is 0. The van der Waals surface area contributed by atoms with Crippen molar-refractivity contribution in [3.05, 3.63) is 47.8 Å². The fourth-order valence-corrected chi connectivity index (χ4v) is 5.93. The maximum Gasteiger partial charge on any atom is 0.131 e. The molecular formula is C26H35F. The average Bonchev–Trinajstić information content (AvgIpc) is 2.71. The van der Waals surface area contributed by atoms with Gasteiger partial charge in [0.1, 0.15) is 5.82 Å². The van der Waals surface area contributed by atoms with E-state index in [1.165, 1.54) is 76.2 Å². The molecule has 0 saturated heterocycles. The van der Waals surface area contributed by atoms with Crippen LogP contribution in [0.1, 0.15) is 89.0 Å². The van der Waals surface area contributed by atoms with Gasteiger partial charge < -0.3 is 0 Å². The predicted molar refractivity (Wildman–Crippen MR) is 114 cm³/mol. The first-order valence-electron chi connectivity index (χ1n) is 11.4. The Kier molecular flexibility index (Phi) is 6.15. The molecule has 0 radical (unpaired) electrons. The molecule has 146 valence electrons. The molecule has 0 N–H and O–H groups in total. The van der Waals surface area contributed by atoms with Gasteiger partial charge in [-0.15, -0.1) is 0 Å². The van der Waals surface area contributed by atoms with Crippen molar-refractivity contribution < 1.29 is 4.39 Å². The molecule has 0 heterocycles. The highest BCUT2D eigenvalue weighted by Crippen LogP contribution is 2.48. The van der Waals surface area contributed by atoms with Gasteiger partial charge in [0.05, 0.1) is 0 Å². The Morgan fingerprint density at radius 3 is 2.59 bits per heavy atom. The van der Waals surface area contributed by atoms with Crippen molar-refractivity contribution in [2.75, 3.05) is 0 Å². The van der Waals surface area contributed by atoms with E-state index < -0.39 is 0 Å². The van der Waals surface area contributed by atoms with Gasteiger partial charge in [0, 0.05) is 5.39 Å². The van der Waals surface area contributed by atoms with Gasteiger partial charge in [-0.25, -0.2) is 4.39 Å². The van der Waals surface area contributed by atoms with Gasteiger partial charge in [-0.1, -0.05) is 75.8 Å². The number of hydrogen-bond acceptors (Lipinski definition) is 0. The van der Waals surface area contributed by atoms with Gasteiger partial charge in [-0.05, 0) is 72.8 Å².